The summed E-state index contributed by atoms with van der Waals surface area (Å²) < 4.78 is 0. The van der Waals surface area contributed by atoms with E-state index in [-0.39, 0.29) is 5.78 Å². The third kappa shape index (κ3) is 2.60. The number of hydrogen-bond acceptors (Lipinski definition) is 2. The van der Waals surface area contributed by atoms with Crippen LogP contribution in [-0.2, 0) is 11.3 Å². The molecule has 82 valence electrons. The van der Waals surface area contributed by atoms with Crippen molar-refractivity contribution in [1.82, 2.24) is 4.90 Å². The molecule has 0 unspecified atom stereocenters. The minimum atomic E-state index is 0.155. The van der Waals surface area contributed by atoms with Crippen LogP contribution in [0.1, 0.15) is 12.5 Å². The molecule has 0 N–H and O–H groups in total. The smallest absolute Gasteiger partial charge is 0.157 e. The van der Waals surface area contributed by atoms with E-state index < -0.39 is 0 Å². The summed E-state index contributed by atoms with van der Waals surface area (Å²) in [5.41, 5.74) is 2.13. The van der Waals surface area contributed by atoms with Crippen LogP contribution >= 0.6 is 0 Å². The fourth-order valence-electron chi connectivity index (χ4n) is 1.76. The molecule has 1 aromatic carbocycles. The average molecular weight is 213 g/mol. The molecule has 16 heavy (non-hydrogen) atoms. The Bertz CT molecular complexity index is 431. The first kappa shape index (κ1) is 10.7. The molecule has 0 radical (unpaired) electrons. The molecular formula is C14H15NO. The van der Waals surface area contributed by atoms with Gasteiger partial charge in [-0.1, -0.05) is 36.4 Å². The number of rotatable bonds is 3. The van der Waals surface area contributed by atoms with E-state index in [1.807, 2.05) is 36.6 Å². The van der Waals surface area contributed by atoms with Gasteiger partial charge in [-0.25, -0.2) is 0 Å². The Morgan fingerprint density at radius 3 is 2.75 bits per heavy atom. The molecule has 0 aliphatic carbocycles. The van der Waals surface area contributed by atoms with Crippen LogP contribution in [0.15, 0.2) is 54.3 Å². The first-order valence-corrected chi connectivity index (χ1v) is 5.42. The number of benzene rings is 1. The monoisotopic (exact) mass is 213 g/mol. The van der Waals surface area contributed by atoms with Gasteiger partial charge in [0.05, 0.1) is 0 Å². The normalized spacial score (nSPS) is 14.8. The van der Waals surface area contributed by atoms with Gasteiger partial charge in [-0.05, 0) is 24.8 Å². The molecule has 0 amide bonds. The fourth-order valence-corrected chi connectivity index (χ4v) is 1.76. The summed E-state index contributed by atoms with van der Waals surface area (Å²) in [6.45, 7) is 3.17. The maximum absolute atomic E-state index is 11.3. The van der Waals surface area contributed by atoms with E-state index in [2.05, 4.69) is 17.0 Å². The Hall–Kier alpha value is -1.83. The highest BCUT2D eigenvalue weighted by atomic mass is 16.1. The van der Waals surface area contributed by atoms with E-state index >= 15 is 0 Å². The van der Waals surface area contributed by atoms with Crippen molar-refractivity contribution in [2.45, 2.75) is 13.5 Å². The van der Waals surface area contributed by atoms with E-state index in [0.29, 0.717) is 6.54 Å². The highest BCUT2D eigenvalue weighted by Gasteiger charge is 2.10. The zero-order valence-electron chi connectivity index (χ0n) is 9.39. The number of Topliss-reactive ketones (excluding diaryl/α,β-unsaturated/α-hetero) is 1. The highest BCUT2D eigenvalue weighted by molar-refractivity contribution is 5.94. The molecule has 0 saturated carbocycles. The molecule has 0 fully saturated rings. The standard InChI is InChI=1S/C14H15NO/c1-12(16)14-8-5-9-15(11-14)10-13-6-3-2-4-7-13/h2-9H,10-11H2,1H3. The number of ketones is 1. The first-order valence-electron chi connectivity index (χ1n) is 5.42. The van der Waals surface area contributed by atoms with E-state index in [0.717, 1.165) is 12.1 Å². The summed E-state index contributed by atoms with van der Waals surface area (Å²) in [5.74, 6) is 0.155. The molecule has 0 atom stereocenters. The molecule has 1 aliphatic rings. The Balaban J connectivity index is 2.02. The molecule has 2 heteroatoms. The van der Waals surface area contributed by atoms with E-state index in [4.69, 9.17) is 0 Å². The maximum Gasteiger partial charge on any atom is 0.157 e. The summed E-state index contributed by atoms with van der Waals surface area (Å²) >= 11 is 0. The largest absolute Gasteiger partial charge is 0.369 e. The molecule has 0 spiro atoms. The second-order valence-corrected chi connectivity index (χ2v) is 3.98. The Morgan fingerprint density at radius 2 is 2.06 bits per heavy atom. The molecule has 2 nitrogen and oxygen atoms in total. The summed E-state index contributed by atoms with van der Waals surface area (Å²) in [7, 11) is 0. The number of hydrogen-bond donors (Lipinski definition) is 0. The van der Waals surface area contributed by atoms with Gasteiger partial charge in [0.15, 0.2) is 5.78 Å². The van der Waals surface area contributed by atoms with Gasteiger partial charge < -0.3 is 4.90 Å². The van der Waals surface area contributed by atoms with Gasteiger partial charge >= 0.3 is 0 Å². The van der Waals surface area contributed by atoms with Crippen LogP contribution in [-0.4, -0.2) is 17.2 Å². The summed E-state index contributed by atoms with van der Waals surface area (Å²) in [5, 5.41) is 0. The van der Waals surface area contributed by atoms with E-state index in [1.165, 1.54) is 5.56 Å². The number of nitrogens with zero attached hydrogens (tertiary/aromatic N) is 1. The second-order valence-electron chi connectivity index (χ2n) is 3.98. The van der Waals surface area contributed by atoms with Crippen molar-refractivity contribution in [1.29, 1.82) is 0 Å². The van der Waals surface area contributed by atoms with Crippen LogP contribution in [0.3, 0.4) is 0 Å². The van der Waals surface area contributed by atoms with Gasteiger partial charge in [-0.2, -0.15) is 0 Å². The van der Waals surface area contributed by atoms with Gasteiger partial charge in [-0.3, -0.25) is 4.79 Å². The minimum Gasteiger partial charge on any atom is -0.369 e. The fraction of sp³-hybridized carbons (Fsp3) is 0.214. The van der Waals surface area contributed by atoms with Crippen molar-refractivity contribution in [3.05, 3.63) is 59.8 Å². The Morgan fingerprint density at radius 1 is 1.31 bits per heavy atom. The second kappa shape index (κ2) is 4.79. The lowest BCUT2D eigenvalue weighted by molar-refractivity contribution is -0.113. The SMILES string of the molecule is CC(=O)C1=CC=CN(Cc2ccccc2)C1. The van der Waals surface area contributed by atoms with Gasteiger partial charge in [0.2, 0.25) is 0 Å². The van der Waals surface area contributed by atoms with Crippen LogP contribution < -0.4 is 0 Å². The average Bonchev–Trinajstić information content (AvgIpc) is 2.30. The van der Waals surface area contributed by atoms with Gasteiger partial charge in [0.25, 0.3) is 0 Å². The van der Waals surface area contributed by atoms with E-state index in [1.54, 1.807) is 6.92 Å². The highest BCUT2D eigenvalue weighted by Crippen LogP contribution is 2.12. The van der Waals surface area contributed by atoms with Crippen LogP contribution in [0, 0.1) is 0 Å². The minimum absolute atomic E-state index is 0.155. The van der Waals surface area contributed by atoms with Crippen molar-refractivity contribution in [3.8, 4) is 0 Å². The molecule has 1 aliphatic heterocycles. The quantitative estimate of drug-likeness (QED) is 0.769. The number of carbonyl (C=O) groups excluding carboxylic acids is 1. The summed E-state index contributed by atoms with van der Waals surface area (Å²) in [4.78, 5) is 13.4. The van der Waals surface area contributed by atoms with Crippen molar-refractivity contribution in [3.63, 3.8) is 0 Å². The number of carbonyl (C=O) groups is 1. The zero-order valence-corrected chi connectivity index (χ0v) is 9.39. The van der Waals surface area contributed by atoms with E-state index in [9.17, 15) is 4.79 Å². The van der Waals surface area contributed by atoms with Gasteiger partial charge in [0.1, 0.15) is 0 Å². The van der Waals surface area contributed by atoms with Crippen LogP contribution in [0.4, 0.5) is 0 Å². The third-order valence-electron chi connectivity index (χ3n) is 2.65. The van der Waals surface area contributed by atoms with Crippen molar-refractivity contribution in [2.24, 2.45) is 0 Å². The Labute approximate surface area is 95.9 Å². The van der Waals surface area contributed by atoms with Gasteiger partial charge in [0, 0.05) is 18.7 Å². The lowest BCUT2D eigenvalue weighted by Crippen LogP contribution is -2.24. The molecule has 0 aromatic heterocycles. The number of allylic oxidation sites excluding steroid dienone is 2. The van der Waals surface area contributed by atoms with Crippen LogP contribution in [0.5, 0.6) is 0 Å². The molecule has 1 heterocycles. The molecule has 0 bridgehead atoms. The van der Waals surface area contributed by atoms with Crippen molar-refractivity contribution < 1.29 is 4.79 Å². The zero-order chi connectivity index (χ0) is 11.4. The predicted molar refractivity (Wildman–Crippen MR) is 64.8 cm³/mol. The first-order chi connectivity index (χ1) is 7.75. The van der Waals surface area contributed by atoms with Crippen molar-refractivity contribution in [2.75, 3.05) is 6.54 Å². The van der Waals surface area contributed by atoms with Crippen LogP contribution in [0.25, 0.3) is 0 Å². The topological polar surface area (TPSA) is 20.3 Å². The lowest BCUT2D eigenvalue weighted by Gasteiger charge is -2.23. The summed E-state index contributed by atoms with van der Waals surface area (Å²) in [6, 6.07) is 10.3. The third-order valence-corrected chi connectivity index (χ3v) is 2.65. The molecule has 0 saturated heterocycles. The van der Waals surface area contributed by atoms with Crippen molar-refractivity contribution >= 4 is 5.78 Å². The molecule has 1 aromatic rings. The summed E-state index contributed by atoms with van der Waals surface area (Å²) in [6.07, 6.45) is 5.85. The lowest BCUT2D eigenvalue weighted by atomic mass is 10.1. The predicted octanol–water partition coefficient (Wildman–Crippen LogP) is 2.53. The van der Waals surface area contributed by atoms with Gasteiger partial charge in [-0.15, -0.1) is 0 Å². The molecule has 2 rings (SSSR count). The molecular weight excluding hydrogens is 198 g/mol. The Kier molecular flexibility index (Phi) is 3.20. The van der Waals surface area contributed by atoms with Crippen LogP contribution in [0.2, 0.25) is 0 Å². The maximum atomic E-state index is 11.3.